The van der Waals surface area contributed by atoms with E-state index in [1.165, 1.54) is 0 Å². The minimum absolute atomic E-state index is 0.493. The highest BCUT2D eigenvalue weighted by Crippen LogP contribution is 2.17. The standard InChI is InChI=1S/C14H17N5/c1-2-6-16-12(3-1)13-9-14(18-10-17-13)19-11-4-7-15-8-5-11/h1-3,6,9-11,15H,4-5,7-8H2,(H,17,18,19). The molecule has 0 bridgehead atoms. The second-order valence-corrected chi connectivity index (χ2v) is 4.67. The third-order valence-electron chi connectivity index (χ3n) is 3.29. The normalized spacial score (nSPS) is 16.2. The molecule has 0 saturated carbocycles. The Morgan fingerprint density at radius 3 is 2.74 bits per heavy atom. The van der Waals surface area contributed by atoms with Crippen molar-refractivity contribution in [3.8, 4) is 11.4 Å². The predicted octanol–water partition coefficient (Wildman–Crippen LogP) is 1.70. The zero-order valence-electron chi connectivity index (χ0n) is 10.7. The lowest BCUT2D eigenvalue weighted by atomic mass is 10.1. The van der Waals surface area contributed by atoms with Crippen molar-refractivity contribution in [2.45, 2.75) is 18.9 Å². The van der Waals surface area contributed by atoms with Crippen LogP contribution in [0, 0.1) is 0 Å². The molecule has 98 valence electrons. The van der Waals surface area contributed by atoms with E-state index < -0.39 is 0 Å². The number of rotatable bonds is 3. The van der Waals surface area contributed by atoms with Gasteiger partial charge < -0.3 is 10.6 Å². The number of hydrogen-bond donors (Lipinski definition) is 2. The average molecular weight is 255 g/mol. The summed E-state index contributed by atoms with van der Waals surface area (Å²) in [4.78, 5) is 12.9. The summed E-state index contributed by atoms with van der Waals surface area (Å²) < 4.78 is 0. The smallest absolute Gasteiger partial charge is 0.130 e. The molecular formula is C14H17N5. The van der Waals surface area contributed by atoms with E-state index in [0.29, 0.717) is 6.04 Å². The molecule has 1 aliphatic heterocycles. The molecule has 1 aliphatic rings. The van der Waals surface area contributed by atoms with Gasteiger partial charge in [-0.3, -0.25) is 4.98 Å². The molecule has 3 rings (SSSR count). The van der Waals surface area contributed by atoms with Crippen molar-refractivity contribution >= 4 is 5.82 Å². The Morgan fingerprint density at radius 2 is 1.95 bits per heavy atom. The van der Waals surface area contributed by atoms with E-state index in [0.717, 1.165) is 43.1 Å². The molecule has 0 unspecified atom stereocenters. The third kappa shape index (κ3) is 3.06. The van der Waals surface area contributed by atoms with Crippen LogP contribution in [0.2, 0.25) is 0 Å². The van der Waals surface area contributed by atoms with Gasteiger partial charge in [0.05, 0.1) is 11.4 Å². The van der Waals surface area contributed by atoms with Crippen molar-refractivity contribution < 1.29 is 0 Å². The molecule has 2 aromatic heterocycles. The summed E-state index contributed by atoms with van der Waals surface area (Å²) in [5.74, 6) is 0.877. The second-order valence-electron chi connectivity index (χ2n) is 4.67. The zero-order valence-corrected chi connectivity index (χ0v) is 10.7. The lowest BCUT2D eigenvalue weighted by molar-refractivity contribution is 0.478. The van der Waals surface area contributed by atoms with Gasteiger partial charge in [-0.2, -0.15) is 0 Å². The van der Waals surface area contributed by atoms with Gasteiger partial charge in [0.2, 0.25) is 0 Å². The SMILES string of the molecule is c1ccc(-c2cc(NC3CCNCC3)ncn2)nc1. The molecule has 19 heavy (non-hydrogen) atoms. The molecule has 5 heteroatoms. The van der Waals surface area contributed by atoms with Gasteiger partial charge in [0, 0.05) is 18.3 Å². The molecule has 0 spiro atoms. The first-order valence-electron chi connectivity index (χ1n) is 6.62. The fourth-order valence-electron chi connectivity index (χ4n) is 2.27. The number of pyridine rings is 1. The highest BCUT2D eigenvalue weighted by Gasteiger charge is 2.13. The minimum Gasteiger partial charge on any atom is -0.367 e. The fraction of sp³-hybridized carbons (Fsp3) is 0.357. The zero-order chi connectivity index (χ0) is 12.9. The molecule has 1 saturated heterocycles. The lowest BCUT2D eigenvalue weighted by Crippen LogP contribution is -2.35. The predicted molar refractivity (Wildman–Crippen MR) is 74.8 cm³/mol. The average Bonchev–Trinajstić information content (AvgIpc) is 2.49. The van der Waals surface area contributed by atoms with Gasteiger partial charge in [-0.1, -0.05) is 6.07 Å². The molecular weight excluding hydrogens is 238 g/mol. The Hall–Kier alpha value is -2.01. The van der Waals surface area contributed by atoms with Crippen molar-refractivity contribution in [1.29, 1.82) is 0 Å². The highest BCUT2D eigenvalue weighted by atomic mass is 15.1. The van der Waals surface area contributed by atoms with E-state index in [1.807, 2.05) is 24.3 Å². The molecule has 0 aromatic carbocycles. The summed E-state index contributed by atoms with van der Waals surface area (Å²) in [6.45, 7) is 2.13. The number of nitrogens with one attached hydrogen (secondary N) is 2. The third-order valence-corrected chi connectivity index (χ3v) is 3.29. The van der Waals surface area contributed by atoms with Crippen molar-refractivity contribution in [2.75, 3.05) is 18.4 Å². The van der Waals surface area contributed by atoms with Crippen LogP contribution in [0.4, 0.5) is 5.82 Å². The quantitative estimate of drug-likeness (QED) is 0.874. The lowest BCUT2D eigenvalue weighted by Gasteiger charge is -2.24. The topological polar surface area (TPSA) is 62.7 Å². The number of piperidine rings is 1. The van der Waals surface area contributed by atoms with Crippen LogP contribution in [0.5, 0.6) is 0 Å². The Morgan fingerprint density at radius 1 is 1.05 bits per heavy atom. The van der Waals surface area contributed by atoms with E-state index in [-0.39, 0.29) is 0 Å². The monoisotopic (exact) mass is 255 g/mol. The molecule has 2 aromatic rings. The largest absolute Gasteiger partial charge is 0.367 e. The molecule has 5 nitrogen and oxygen atoms in total. The Labute approximate surface area is 112 Å². The van der Waals surface area contributed by atoms with Crippen LogP contribution in [0.1, 0.15) is 12.8 Å². The molecule has 2 N–H and O–H groups in total. The van der Waals surface area contributed by atoms with Gasteiger partial charge in [-0.05, 0) is 38.1 Å². The van der Waals surface area contributed by atoms with E-state index in [9.17, 15) is 0 Å². The number of nitrogens with zero attached hydrogens (tertiary/aromatic N) is 3. The first-order chi connectivity index (χ1) is 9.42. The van der Waals surface area contributed by atoms with Crippen molar-refractivity contribution in [3.05, 3.63) is 36.8 Å². The van der Waals surface area contributed by atoms with Crippen LogP contribution < -0.4 is 10.6 Å². The molecule has 0 aliphatic carbocycles. The van der Waals surface area contributed by atoms with Gasteiger partial charge in [-0.15, -0.1) is 0 Å². The van der Waals surface area contributed by atoms with Crippen molar-refractivity contribution in [1.82, 2.24) is 20.3 Å². The van der Waals surface area contributed by atoms with E-state index >= 15 is 0 Å². The summed E-state index contributed by atoms with van der Waals surface area (Å²) in [5.41, 5.74) is 1.73. The maximum Gasteiger partial charge on any atom is 0.130 e. The fourth-order valence-corrected chi connectivity index (χ4v) is 2.27. The Kier molecular flexibility index (Phi) is 3.65. The molecule has 3 heterocycles. The first kappa shape index (κ1) is 12.0. The number of anilines is 1. The van der Waals surface area contributed by atoms with Crippen LogP contribution in [0.25, 0.3) is 11.4 Å². The molecule has 0 atom stereocenters. The van der Waals surface area contributed by atoms with E-state index in [4.69, 9.17) is 0 Å². The van der Waals surface area contributed by atoms with Crippen LogP contribution in [-0.4, -0.2) is 34.1 Å². The molecule has 0 radical (unpaired) electrons. The van der Waals surface area contributed by atoms with Gasteiger partial charge >= 0.3 is 0 Å². The van der Waals surface area contributed by atoms with Gasteiger partial charge in [0.15, 0.2) is 0 Å². The van der Waals surface area contributed by atoms with Crippen molar-refractivity contribution in [3.63, 3.8) is 0 Å². The van der Waals surface area contributed by atoms with Crippen LogP contribution >= 0.6 is 0 Å². The van der Waals surface area contributed by atoms with Crippen molar-refractivity contribution in [2.24, 2.45) is 0 Å². The summed E-state index contributed by atoms with van der Waals surface area (Å²) in [5, 5.41) is 6.83. The number of hydrogen-bond acceptors (Lipinski definition) is 5. The first-order valence-corrected chi connectivity index (χ1v) is 6.62. The second kappa shape index (κ2) is 5.75. The highest BCUT2D eigenvalue weighted by molar-refractivity contribution is 5.57. The summed E-state index contributed by atoms with van der Waals surface area (Å²) in [7, 11) is 0. The van der Waals surface area contributed by atoms with E-state index in [1.54, 1.807) is 12.5 Å². The Balaban J connectivity index is 1.76. The Bertz CT molecular complexity index is 522. The van der Waals surface area contributed by atoms with Gasteiger partial charge in [-0.25, -0.2) is 9.97 Å². The van der Waals surface area contributed by atoms with Crippen LogP contribution in [0.15, 0.2) is 36.8 Å². The van der Waals surface area contributed by atoms with Gasteiger partial charge in [0.25, 0.3) is 0 Å². The minimum atomic E-state index is 0.493. The summed E-state index contributed by atoms with van der Waals surface area (Å²) >= 11 is 0. The number of aromatic nitrogens is 3. The van der Waals surface area contributed by atoms with E-state index in [2.05, 4.69) is 25.6 Å². The summed E-state index contributed by atoms with van der Waals surface area (Å²) in [6.07, 6.45) is 5.62. The maximum absolute atomic E-state index is 4.31. The van der Waals surface area contributed by atoms with Gasteiger partial charge in [0.1, 0.15) is 12.1 Å². The molecule has 1 fully saturated rings. The van der Waals surface area contributed by atoms with Crippen LogP contribution in [-0.2, 0) is 0 Å². The summed E-state index contributed by atoms with van der Waals surface area (Å²) in [6, 6.07) is 8.28. The molecule has 0 amide bonds. The van der Waals surface area contributed by atoms with Crippen LogP contribution in [0.3, 0.4) is 0 Å². The maximum atomic E-state index is 4.31.